The number of carboxylic acids is 5. The minimum Gasteiger partial charge on any atom is -0.481 e. The van der Waals surface area contributed by atoms with E-state index in [1.165, 1.54) is 0 Å². The van der Waals surface area contributed by atoms with E-state index in [1.54, 1.807) is 74.6 Å². The van der Waals surface area contributed by atoms with Crippen LogP contribution in [0.4, 0.5) is 0 Å². The van der Waals surface area contributed by atoms with Gasteiger partial charge in [0.25, 0.3) is 0 Å². The molecule has 26 nitrogen and oxygen atoms in total. The molecule has 1 aliphatic heterocycles. The van der Waals surface area contributed by atoms with Gasteiger partial charge in [0.15, 0.2) is 0 Å². The zero-order chi connectivity index (χ0) is 55.5. The van der Waals surface area contributed by atoms with E-state index in [9.17, 15) is 72.9 Å². The first-order chi connectivity index (χ1) is 35.4. The molecule has 1 saturated heterocycles. The van der Waals surface area contributed by atoms with Gasteiger partial charge in [0.2, 0.25) is 41.4 Å². The highest BCUT2D eigenvalue weighted by atomic mass is 16.4. The van der Waals surface area contributed by atoms with E-state index in [0.717, 1.165) is 4.90 Å². The van der Waals surface area contributed by atoms with Crippen molar-refractivity contribution in [3.05, 3.63) is 71.9 Å². The van der Waals surface area contributed by atoms with Crippen LogP contribution in [0.1, 0.15) is 82.8 Å². The molecule has 75 heavy (non-hydrogen) atoms. The van der Waals surface area contributed by atoms with Gasteiger partial charge in [-0.25, -0.2) is 4.79 Å². The first-order valence-corrected chi connectivity index (χ1v) is 24.0. The normalized spacial score (nSPS) is 15.9. The van der Waals surface area contributed by atoms with Gasteiger partial charge in [0.05, 0.1) is 18.9 Å². The van der Waals surface area contributed by atoms with E-state index in [-0.39, 0.29) is 45.1 Å². The van der Waals surface area contributed by atoms with Gasteiger partial charge in [-0.3, -0.25) is 52.7 Å². The minimum absolute atomic E-state index is 0.00133. The maximum Gasteiger partial charge on any atom is 0.326 e. The van der Waals surface area contributed by atoms with Gasteiger partial charge in [-0.1, -0.05) is 62.4 Å². The molecule has 8 atom stereocenters. The molecule has 406 valence electrons. The number of carbonyl (C=O) groups excluding carboxylic acids is 7. The number of benzene rings is 2. The minimum atomic E-state index is -1.95. The van der Waals surface area contributed by atoms with E-state index in [0.29, 0.717) is 22.0 Å². The third-order valence-electron chi connectivity index (χ3n) is 12.1. The summed E-state index contributed by atoms with van der Waals surface area (Å²) in [4.78, 5) is 160. The van der Waals surface area contributed by atoms with Crippen molar-refractivity contribution in [1.29, 1.82) is 0 Å². The molecule has 0 bridgehead atoms. The first-order valence-electron chi connectivity index (χ1n) is 24.0. The maximum absolute atomic E-state index is 14.4. The molecule has 0 spiro atoms. The van der Waals surface area contributed by atoms with Gasteiger partial charge in [0.1, 0.15) is 42.3 Å². The summed E-state index contributed by atoms with van der Waals surface area (Å²) < 4.78 is 0. The van der Waals surface area contributed by atoms with Crippen LogP contribution in [0.3, 0.4) is 0 Å². The number of aromatic amines is 1. The summed E-state index contributed by atoms with van der Waals surface area (Å²) in [5, 5.41) is 62.5. The van der Waals surface area contributed by atoms with E-state index in [1.807, 2.05) is 0 Å². The highest BCUT2D eigenvalue weighted by Crippen LogP contribution is 2.22. The van der Waals surface area contributed by atoms with Crippen molar-refractivity contribution in [1.82, 2.24) is 41.8 Å². The lowest BCUT2D eigenvalue weighted by molar-refractivity contribution is -0.148. The summed E-state index contributed by atoms with van der Waals surface area (Å²) in [5.74, 6) is -14.9. The first kappa shape index (κ1) is 59.1. The Bertz CT molecular complexity index is 2590. The van der Waals surface area contributed by atoms with Crippen LogP contribution < -0.4 is 37.6 Å². The van der Waals surface area contributed by atoms with Gasteiger partial charge in [-0.05, 0) is 55.2 Å². The molecular formula is C49H63N9O17. The molecule has 2 heterocycles. The number of H-pyrrole nitrogens is 1. The van der Waals surface area contributed by atoms with Crippen molar-refractivity contribution in [3.8, 4) is 0 Å². The monoisotopic (exact) mass is 1050 g/mol. The van der Waals surface area contributed by atoms with Gasteiger partial charge in [-0.2, -0.15) is 0 Å². The zero-order valence-electron chi connectivity index (χ0n) is 41.1. The highest BCUT2D eigenvalue weighted by molar-refractivity contribution is 5.99. The smallest absolute Gasteiger partial charge is 0.326 e. The second-order valence-corrected chi connectivity index (χ2v) is 18.4. The Morgan fingerprint density at radius 3 is 1.73 bits per heavy atom. The summed E-state index contributed by atoms with van der Waals surface area (Å²) in [6.45, 7) is 3.17. The van der Waals surface area contributed by atoms with Crippen molar-refractivity contribution in [2.45, 2.75) is 133 Å². The van der Waals surface area contributed by atoms with Crippen molar-refractivity contribution in [3.63, 3.8) is 0 Å². The summed E-state index contributed by atoms with van der Waals surface area (Å²) >= 11 is 0. The van der Waals surface area contributed by atoms with Crippen molar-refractivity contribution >= 4 is 82.1 Å². The van der Waals surface area contributed by atoms with Crippen LogP contribution in [0.15, 0.2) is 60.8 Å². The quantitative estimate of drug-likeness (QED) is 0.0380. The van der Waals surface area contributed by atoms with Crippen LogP contribution in [-0.4, -0.2) is 161 Å². The van der Waals surface area contributed by atoms with Crippen LogP contribution in [0.2, 0.25) is 0 Å². The molecule has 7 amide bonds. The average Bonchev–Trinajstić information content (AvgIpc) is 4.01. The summed E-state index contributed by atoms with van der Waals surface area (Å²) in [5.41, 5.74) is 7.67. The van der Waals surface area contributed by atoms with E-state index < -0.39 is 158 Å². The molecule has 1 aliphatic rings. The number of hydrogen-bond acceptors (Lipinski definition) is 13. The average molecular weight is 1050 g/mol. The number of fused-ring (bicyclic) bond motifs is 1. The molecular weight excluding hydrogens is 987 g/mol. The predicted molar refractivity (Wildman–Crippen MR) is 262 cm³/mol. The molecule has 0 aliphatic carbocycles. The number of hydrogen-bond donors (Lipinski definition) is 13. The fourth-order valence-corrected chi connectivity index (χ4v) is 8.32. The molecule has 1 aromatic heterocycles. The van der Waals surface area contributed by atoms with Crippen molar-refractivity contribution in [2.75, 3.05) is 6.54 Å². The summed E-state index contributed by atoms with van der Waals surface area (Å²) in [7, 11) is 0. The maximum atomic E-state index is 14.4. The number of nitrogens with one attached hydrogen (secondary N) is 7. The fourth-order valence-electron chi connectivity index (χ4n) is 8.32. The van der Waals surface area contributed by atoms with Gasteiger partial charge in [-0.15, -0.1) is 0 Å². The number of likely N-dealkylation sites (tertiary alicyclic amines) is 1. The topological polar surface area (TPSA) is 423 Å². The van der Waals surface area contributed by atoms with Gasteiger partial charge >= 0.3 is 29.8 Å². The predicted octanol–water partition coefficient (Wildman–Crippen LogP) is -1.01. The standard InChI is InChI=1S/C49H63N9O17/c1-25(2)19-32(43(68)57-36(23-41(65)66)48(73)58-18-8-13-37(58)47(72)52-31(49(74)75)15-17-39(61)62)54-46(71)35(22-40(63)64)56-45(70)34(21-27-24-51-30-12-7-6-11-28(27)30)55-44(69)33(20-26-9-4-3-5-10-26)53-42(67)29(50)14-16-38(59)60/h3-7,9-12,24-25,29,31-37,51H,8,13-23,50H2,1-2H3,(H,52,72)(H,53,67)(H,54,71)(H,55,69)(H,56,70)(H,57,68)(H,59,60)(H,61,62)(H,63,64)(H,65,66)(H,74,75)/t29-,31-,32-,33-,34-,35-,36-,37-/m0/s1. The Morgan fingerprint density at radius 2 is 1.12 bits per heavy atom. The lowest BCUT2D eigenvalue weighted by Gasteiger charge is -2.30. The number of carboxylic acid groups (broad SMARTS) is 5. The largest absolute Gasteiger partial charge is 0.481 e. The summed E-state index contributed by atoms with van der Waals surface area (Å²) in [6.07, 6.45) is -2.71. The van der Waals surface area contributed by atoms with Crippen LogP contribution >= 0.6 is 0 Å². The number of carbonyl (C=O) groups is 12. The third-order valence-corrected chi connectivity index (χ3v) is 12.1. The van der Waals surface area contributed by atoms with Crippen molar-refractivity contribution < 1.29 is 83.1 Å². The number of nitrogens with zero attached hydrogens (tertiary/aromatic N) is 1. The molecule has 3 aromatic rings. The number of amides is 7. The Labute approximate surface area is 428 Å². The molecule has 14 N–H and O–H groups in total. The molecule has 0 radical (unpaired) electrons. The second kappa shape index (κ2) is 28.1. The summed E-state index contributed by atoms with van der Waals surface area (Å²) in [6, 6.07) is 2.61. The lowest BCUT2D eigenvalue weighted by atomic mass is 10.0. The molecule has 4 rings (SSSR count). The van der Waals surface area contributed by atoms with Crippen LogP contribution in [-0.2, 0) is 70.4 Å². The molecule has 0 saturated carbocycles. The Hall–Kier alpha value is -8.42. The molecule has 1 fully saturated rings. The second-order valence-electron chi connectivity index (χ2n) is 18.4. The molecule has 2 aromatic carbocycles. The van der Waals surface area contributed by atoms with Crippen LogP contribution in [0.25, 0.3) is 10.9 Å². The Morgan fingerprint density at radius 1 is 0.600 bits per heavy atom. The SMILES string of the molecule is CC(C)C[C@H](NC(=O)[C@H](CC(=O)O)NC(=O)[C@H](Cc1c[nH]c2ccccc12)NC(=O)[C@H](Cc1ccccc1)NC(=O)[C@@H](N)CCC(=O)O)C(=O)N[C@@H](CC(=O)O)C(=O)N1CCC[C@H]1C(=O)N[C@@H](CCC(=O)O)C(=O)O. The number of aromatic nitrogens is 1. The molecule has 26 heteroatoms. The van der Waals surface area contributed by atoms with Crippen LogP contribution in [0, 0.1) is 5.92 Å². The van der Waals surface area contributed by atoms with Crippen molar-refractivity contribution in [2.24, 2.45) is 11.7 Å². The number of aliphatic carboxylic acids is 5. The van der Waals surface area contributed by atoms with Gasteiger partial charge < -0.3 is 73.1 Å². The Balaban J connectivity index is 1.61. The number of para-hydroxylation sites is 1. The highest BCUT2D eigenvalue weighted by Gasteiger charge is 2.41. The number of rotatable bonds is 30. The van der Waals surface area contributed by atoms with E-state index in [2.05, 4.69) is 36.9 Å². The van der Waals surface area contributed by atoms with E-state index >= 15 is 0 Å². The van der Waals surface area contributed by atoms with E-state index in [4.69, 9.17) is 15.9 Å². The third kappa shape index (κ3) is 18.5. The number of nitrogens with two attached hydrogens (primary N) is 1. The Kier molecular flexibility index (Phi) is 22.2. The van der Waals surface area contributed by atoms with Gasteiger partial charge in [0, 0.05) is 49.3 Å². The van der Waals surface area contributed by atoms with Crippen LogP contribution in [0.5, 0.6) is 0 Å². The zero-order valence-corrected chi connectivity index (χ0v) is 41.1. The molecule has 0 unspecified atom stereocenters. The fraction of sp³-hybridized carbons (Fsp3) is 0.469. The lowest BCUT2D eigenvalue weighted by Crippen LogP contribution is -2.61.